The summed E-state index contributed by atoms with van der Waals surface area (Å²) in [4.78, 5) is 78.7. The Balaban J connectivity index is 0.845. The Hall–Kier alpha value is -6.71. The molecule has 0 aliphatic carbocycles. The zero-order chi connectivity index (χ0) is 40.3. The van der Waals surface area contributed by atoms with Gasteiger partial charge in [0.05, 0.1) is 29.1 Å². The number of imide groups is 1. The van der Waals surface area contributed by atoms with E-state index >= 15 is 0 Å². The first kappa shape index (κ1) is 38.2. The highest BCUT2D eigenvalue weighted by Gasteiger charge is 2.42. The van der Waals surface area contributed by atoms with Crippen molar-refractivity contribution in [2.75, 3.05) is 54.4 Å². The standard InChI is InChI=1S/C42H43FN10O5/c43-28-7-1-6-27(24-28)33-9-4-18-51(33)38-16-15-36-46-26-35(53(36)48-38)32-8-2-11-37(47-32)49-19-21-50(22-20-49)39(55)12-3-17-45-29-13-14-30-31(25-29)42(58)52(41(30)57)34(40(44)56)10-5-23-54/h1-2,6-8,11,13-16,23-26,33-34,45H,3-5,9-10,12,17-22H2,(H2,44,56)/t33-,34?/m1/s1. The number of hydrogen-bond acceptors (Lipinski definition) is 11. The number of benzene rings is 2. The van der Waals surface area contributed by atoms with Crippen LogP contribution in [0, 0.1) is 5.82 Å². The first-order valence-corrected chi connectivity index (χ1v) is 19.6. The number of nitrogens with two attached hydrogens (primary N) is 1. The molecule has 2 aromatic carbocycles. The van der Waals surface area contributed by atoms with Crippen molar-refractivity contribution in [1.29, 1.82) is 0 Å². The quantitative estimate of drug-likeness (QED) is 0.0935. The topological polar surface area (TPSA) is 179 Å². The molecular weight excluding hydrogens is 744 g/mol. The normalized spacial score (nSPS) is 17.2. The number of nitrogens with zero attached hydrogens (tertiary/aromatic N) is 8. The Morgan fingerprint density at radius 2 is 1.74 bits per heavy atom. The third kappa shape index (κ3) is 7.56. The first-order chi connectivity index (χ1) is 28.2. The number of amides is 4. The smallest absolute Gasteiger partial charge is 0.262 e. The van der Waals surface area contributed by atoms with E-state index in [0.717, 1.165) is 52.9 Å². The Kier molecular flexibility index (Phi) is 10.8. The van der Waals surface area contributed by atoms with E-state index in [1.165, 1.54) is 12.1 Å². The predicted octanol–water partition coefficient (Wildman–Crippen LogP) is 4.24. The summed E-state index contributed by atoms with van der Waals surface area (Å²) >= 11 is 0. The minimum Gasteiger partial charge on any atom is -0.385 e. The number of primary amides is 1. The second kappa shape index (κ2) is 16.4. The summed E-state index contributed by atoms with van der Waals surface area (Å²) in [6.07, 6.45) is 5.11. The molecule has 0 radical (unpaired) electrons. The number of hydrogen-bond donors (Lipinski definition) is 2. The molecule has 2 saturated heterocycles. The lowest BCUT2D eigenvalue weighted by atomic mass is 10.0. The number of halogens is 1. The largest absolute Gasteiger partial charge is 0.385 e. The maximum absolute atomic E-state index is 14.1. The van der Waals surface area contributed by atoms with Crippen LogP contribution in [0.25, 0.3) is 17.0 Å². The molecule has 3 aliphatic rings. The summed E-state index contributed by atoms with van der Waals surface area (Å²) in [5.41, 5.74) is 9.49. The lowest BCUT2D eigenvalue weighted by molar-refractivity contribution is -0.131. The fourth-order valence-corrected chi connectivity index (χ4v) is 8.13. The van der Waals surface area contributed by atoms with Gasteiger partial charge in [-0.1, -0.05) is 18.2 Å². The van der Waals surface area contributed by atoms with Crippen LogP contribution in [0.5, 0.6) is 0 Å². The predicted molar refractivity (Wildman–Crippen MR) is 214 cm³/mol. The van der Waals surface area contributed by atoms with Crippen molar-refractivity contribution in [3.8, 4) is 11.4 Å². The third-order valence-electron chi connectivity index (χ3n) is 11.1. The first-order valence-electron chi connectivity index (χ1n) is 19.6. The van der Waals surface area contributed by atoms with Crippen molar-refractivity contribution < 1.29 is 28.4 Å². The highest BCUT2D eigenvalue weighted by molar-refractivity contribution is 6.23. The van der Waals surface area contributed by atoms with Crippen LogP contribution in [-0.4, -0.2) is 105 Å². The summed E-state index contributed by atoms with van der Waals surface area (Å²) < 4.78 is 15.9. The van der Waals surface area contributed by atoms with E-state index in [0.29, 0.717) is 63.2 Å². The number of piperazine rings is 1. The zero-order valence-corrected chi connectivity index (χ0v) is 31.8. The Bertz CT molecular complexity index is 2400. The van der Waals surface area contributed by atoms with Gasteiger partial charge in [0.1, 0.15) is 35.5 Å². The van der Waals surface area contributed by atoms with Crippen molar-refractivity contribution in [3.05, 3.63) is 102 Å². The van der Waals surface area contributed by atoms with Crippen LogP contribution in [0.1, 0.15) is 70.8 Å². The summed E-state index contributed by atoms with van der Waals surface area (Å²) in [6.45, 7) is 3.63. The summed E-state index contributed by atoms with van der Waals surface area (Å²) in [5, 5.41) is 8.21. The van der Waals surface area contributed by atoms with Crippen molar-refractivity contribution in [2.45, 2.75) is 50.6 Å². The highest BCUT2D eigenvalue weighted by Crippen LogP contribution is 2.36. The van der Waals surface area contributed by atoms with Gasteiger partial charge in [-0.3, -0.25) is 24.1 Å². The summed E-state index contributed by atoms with van der Waals surface area (Å²) in [5.74, 6) is -0.711. The molecule has 5 aromatic rings. The number of aldehydes is 1. The molecule has 8 rings (SSSR count). The molecule has 3 aromatic heterocycles. The third-order valence-corrected chi connectivity index (χ3v) is 11.1. The Labute approximate surface area is 333 Å². The van der Waals surface area contributed by atoms with Gasteiger partial charge in [0, 0.05) is 57.8 Å². The number of nitrogens with one attached hydrogen (secondary N) is 1. The average Bonchev–Trinajstić information content (AvgIpc) is 3.96. The van der Waals surface area contributed by atoms with Crippen LogP contribution >= 0.6 is 0 Å². The molecule has 6 heterocycles. The van der Waals surface area contributed by atoms with E-state index in [-0.39, 0.29) is 41.7 Å². The SMILES string of the molecule is NC(=O)C(CCC=O)N1C(=O)c2ccc(NCCCC(=O)N3CCN(c4cccc(-c5cnc6ccc(N7CCC[C@@H]7c7cccc(F)c7)nn56)n4)CC3)cc2C1=O. The molecule has 3 N–H and O–H groups in total. The number of pyridine rings is 1. The molecular formula is C42H43FN10O5. The van der Waals surface area contributed by atoms with Gasteiger partial charge in [0.25, 0.3) is 11.8 Å². The van der Waals surface area contributed by atoms with Crippen molar-refractivity contribution >= 4 is 52.9 Å². The Morgan fingerprint density at radius 3 is 2.53 bits per heavy atom. The van der Waals surface area contributed by atoms with Crippen molar-refractivity contribution in [1.82, 2.24) is 29.4 Å². The monoisotopic (exact) mass is 786 g/mol. The maximum atomic E-state index is 14.1. The zero-order valence-electron chi connectivity index (χ0n) is 31.8. The van der Waals surface area contributed by atoms with E-state index < -0.39 is 23.8 Å². The average molecular weight is 787 g/mol. The molecule has 4 amide bonds. The number of fused-ring (bicyclic) bond motifs is 2. The molecule has 15 nitrogen and oxygen atoms in total. The van der Waals surface area contributed by atoms with Crippen molar-refractivity contribution in [2.24, 2.45) is 5.73 Å². The molecule has 58 heavy (non-hydrogen) atoms. The van der Waals surface area contributed by atoms with Crippen LogP contribution in [0.15, 0.2) is 79.0 Å². The van der Waals surface area contributed by atoms with E-state index in [4.69, 9.17) is 15.8 Å². The number of imidazole rings is 1. The second-order valence-corrected chi connectivity index (χ2v) is 14.7. The van der Waals surface area contributed by atoms with Gasteiger partial charge >= 0.3 is 0 Å². The number of aromatic nitrogens is 4. The second-order valence-electron chi connectivity index (χ2n) is 14.7. The number of carbonyl (C=O) groups excluding carboxylic acids is 5. The lowest BCUT2D eigenvalue weighted by Gasteiger charge is -2.35. The minimum atomic E-state index is -1.21. The molecule has 3 aliphatic heterocycles. The summed E-state index contributed by atoms with van der Waals surface area (Å²) in [6, 6.07) is 20.1. The molecule has 298 valence electrons. The number of carbonyl (C=O) groups is 5. The lowest BCUT2D eigenvalue weighted by Crippen LogP contribution is -2.49. The molecule has 0 bridgehead atoms. The van der Waals surface area contributed by atoms with E-state index in [1.54, 1.807) is 30.5 Å². The van der Waals surface area contributed by atoms with Gasteiger partial charge in [0.2, 0.25) is 11.8 Å². The molecule has 2 fully saturated rings. The molecule has 0 spiro atoms. The van der Waals surface area contributed by atoms with Gasteiger partial charge < -0.3 is 30.5 Å². The van der Waals surface area contributed by atoms with Gasteiger partial charge in [-0.05, 0) is 85.8 Å². The summed E-state index contributed by atoms with van der Waals surface area (Å²) in [7, 11) is 0. The van der Waals surface area contributed by atoms with Crippen LogP contribution in [0.4, 0.5) is 21.7 Å². The van der Waals surface area contributed by atoms with E-state index in [2.05, 4.69) is 20.1 Å². The van der Waals surface area contributed by atoms with Gasteiger partial charge in [0.15, 0.2) is 5.65 Å². The van der Waals surface area contributed by atoms with Crippen molar-refractivity contribution in [3.63, 3.8) is 0 Å². The Morgan fingerprint density at radius 1 is 0.931 bits per heavy atom. The highest BCUT2D eigenvalue weighted by atomic mass is 19.1. The fourth-order valence-electron chi connectivity index (χ4n) is 8.13. The van der Waals surface area contributed by atoms with Gasteiger partial charge in [-0.25, -0.2) is 18.9 Å². The number of anilines is 3. The minimum absolute atomic E-state index is 0.0138. The van der Waals surface area contributed by atoms with Crippen LogP contribution in [0.3, 0.4) is 0 Å². The maximum Gasteiger partial charge on any atom is 0.262 e. The molecule has 16 heteroatoms. The van der Waals surface area contributed by atoms with Gasteiger partial charge in [-0.15, -0.1) is 5.10 Å². The number of rotatable bonds is 14. The molecule has 0 saturated carbocycles. The molecule has 2 atom stereocenters. The van der Waals surface area contributed by atoms with E-state index in [9.17, 15) is 28.4 Å². The van der Waals surface area contributed by atoms with Gasteiger partial charge in [-0.2, -0.15) is 0 Å². The van der Waals surface area contributed by atoms with Crippen LogP contribution in [0.2, 0.25) is 0 Å². The van der Waals surface area contributed by atoms with Crippen LogP contribution < -0.4 is 20.9 Å². The van der Waals surface area contributed by atoms with Crippen LogP contribution in [-0.2, 0) is 14.4 Å². The van der Waals surface area contributed by atoms with E-state index in [1.807, 2.05) is 45.8 Å². The fraction of sp³-hybridized carbons (Fsp3) is 0.333. The molecule has 1 unspecified atom stereocenters.